The van der Waals surface area contributed by atoms with Crippen LogP contribution in [-0.2, 0) is 10.0 Å². The zero-order valence-electron chi connectivity index (χ0n) is 13.5. The van der Waals surface area contributed by atoms with Gasteiger partial charge in [0.15, 0.2) is 0 Å². The minimum atomic E-state index is -3.40. The minimum Gasteiger partial charge on any atom is -0.314 e. The van der Waals surface area contributed by atoms with E-state index in [0.29, 0.717) is 17.4 Å². The van der Waals surface area contributed by atoms with Crippen LogP contribution in [0.4, 0.5) is 0 Å². The number of nitrogens with zero attached hydrogens (tertiary/aromatic N) is 1. The van der Waals surface area contributed by atoms with Crippen LogP contribution in [0.1, 0.15) is 31.7 Å². The minimum absolute atomic E-state index is 0.322. The lowest BCUT2D eigenvalue weighted by Gasteiger charge is -2.27. The van der Waals surface area contributed by atoms with Gasteiger partial charge in [-0.1, -0.05) is 26.0 Å². The lowest BCUT2D eigenvalue weighted by Crippen LogP contribution is -2.44. The second-order valence-electron chi connectivity index (χ2n) is 6.07. The van der Waals surface area contributed by atoms with E-state index in [0.717, 1.165) is 44.7 Å². The number of hydrogen-bond donors (Lipinski definition) is 2. The Hall–Kier alpha value is -0.950. The third-order valence-corrected chi connectivity index (χ3v) is 5.45. The topological polar surface area (TPSA) is 61.4 Å². The van der Waals surface area contributed by atoms with Crippen molar-refractivity contribution in [1.82, 2.24) is 14.9 Å². The first-order chi connectivity index (χ1) is 10.5. The SMILES string of the molecule is CC(C)c1cccc(S(=O)(=O)NCCCN2CCNCC2)c1. The third-order valence-electron chi connectivity index (χ3n) is 3.99. The van der Waals surface area contributed by atoms with Gasteiger partial charge in [-0.2, -0.15) is 0 Å². The van der Waals surface area contributed by atoms with Gasteiger partial charge in [-0.3, -0.25) is 0 Å². The van der Waals surface area contributed by atoms with Gasteiger partial charge in [-0.25, -0.2) is 13.1 Å². The number of benzene rings is 1. The highest BCUT2D eigenvalue weighted by Crippen LogP contribution is 2.18. The normalized spacial score (nSPS) is 17.0. The molecule has 1 aliphatic rings. The van der Waals surface area contributed by atoms with Crippen LogP contribution in [0.2, 0.25) is 0 Å². The molecule has 0 bridgehead atoms. The predicted octanol–water partition coefficient (Wildman–Crippen LogP) is 1.38. The van der Waals surface area contributed by atoms with Crippen LogP contribution in [0, 0.1) is 0 Å². The number of piperazine rings is 1. The molecule has 1 aromatic carbocycles. The highest BCUT2D eigenvalue weighted by molar-refractivity contribution is 7.89. The van der Waals surface area contributed by atoms with Crippen molar-refractivity contribution in [3.05, 3.63) is 29.8 Å². The Labute approximate surface area is 134 Å². The maximum atomic E-state index is 12.3. The number of sulfonamides is 1. The third kappa shape index (κ3) is 5.05. The Kier molecular flexibility index (Phi) is 6.37. The molecule has 22 heavy (non-hydrogen) atoms. The van der Waals surface area contributed by atoms with E-state index in [2.05, 4.69) is 28.8 Å². The van der Waals surface area contributed by atoms with E-state index in [4.69, 9.17) is 0 Å². The zero-order chi connectivity index (χ0) is 16.0. The summed E-state index contributed by atoms with van der Waals surface area (Å²) in [7, 11) is -3.40. The smallest absolute Gasteiger partial charge is 0.240 e. The summed E-state index contributed by atoms with van der Waals surface area (Å²) < 4.78 is 27.4. The molecule has 0 unspecified atom stereocenters. The van der Waals surface area contributed by atoms with Crippen LogP contribution in [0.3, 0.4) is 0 Å². The molecule has 124 valence electrons. The van der Waals surface area contributed by atoms with Crippen molar-refractivity contribution in [2.24, 2.45) is 0 Å². The molecule has 0 aromatic heterocycles. The molecule has 5 nitrogen and oxygen atoms in total. The quantitative estimate of drug-likeness (QED) is 0.744. The van der Waals surface area contributed by atoms with Gasteiger partial charge in [0.1, 0.15) is 0 Å². The molecule has 0 aliphatic carbocycles. The highest BCUT2D eigenvalue weighted by Gasteiger charge is 2.15. The monoisotopic (exact) mass is 325 g/mol. The zero-order valence-corrected chi connectivity index (χ0v) is 14.3. The van der Waals surface area contributed by atoms with Gasteiger partial charge < -0.3 is 10.2 Å². The summed E-state index contributed by atoms with van der Waals surface area (Å²) in [6.45, 7) is 9.68. The molecule has 1 aromatic rings. The lowest BCUT2D eigenvalue weighted by molar-refractivity contribution is 0.239. The summed E-state index contributed by atoms with van der Waals surface area (Å²) in [5.41, 5.74) is 1.05. The van der Waals surface area contributed by atoms with Gasteiger partial charge in [-0.15, -0.1) is 0 Å². The molecule has 1 aliphatic heterocycles. The molecule has 0 amide bonds. The van der Waals surface area contributed by atoms with Crippen LogP contribution in [0.15, 0.2) is 29.2 Å². The van der Waals surface area contributed by atoms with Crippen molar-refractivity contribution < 1.29 is 8.42 Å². The van der Waals surface area contributed by atoms with Gasteiger partial charge >= 0.3 is 0 Å². The van der Waals surface area contributed by atoms with Crippen LogP contribution < -0.4 is 10.0 Å². The van der Waals surface area contributed by atoms with Gasteiger partial charge in [-0.05, 0) is 36.6 Å². The Bertz CT molecular complexity index is 567. The van der Waals surface area contributed by atoms with Gasteiger partial charge in [0.05, 0.1) is 4.90 Å². The fraction of sp³-hybridized carbons (Fsp3) is 0.625. The summed E-state index contributed by atoms with van der Waals surface area (Å²) in [4.78, 5) is 2.73. The fourth-order valence-electron chi connectivity index (χ4n) is 2.57. The number of nitrogens with one attached hydrogen (secondary N) is 2. The van der Waals surface area contributed by atoms with Crippen LogP contribution in [0.5, 0.6) is 0 Å². The van der Waals surface area contributed by atoms with E-state index in [1.807, 2.05) is 12.1 Å². The summed E-state index contributed by atoms with van der Waals surface area (Å²) in [5.74, 6) is 0.322. The first-order valence-corrected chi connectivity index (χ1v) is 9.50. The van der Waals surface area contributed by atoms with Crippen molar-refractivity contribution in [3.8, 4) is 0 Å². The maximum Gasteiger partial charge on any atom is 0.240 e. The Morgan fingerprint density at radius 1 is 1.27 bits per heavy atom. The molecule has 0 radical (unpaired) electrons. The molecule has 0 saturated carbocycles. The maximum absolute atomic E-state index is 12.3. The second kappa shape index (κ2) is 8.06. The molecular formula is C16H27N3O2S. The van der Waals surface area contributed by atoms with E-state index < -0.39 is 10.0 Å². The van der Waals surface area contributed by atoms with E-state index in [1.54, 1.807) is 12.1 Å². The largest absolute Gasteiger partial charge is 0.314 e. The fourth-order valence-corrected chi connectivity index (χ4v) is 3.70. The molecule has 0 spiro atoms. The summed E-state index contributed by atoms with van der Waals surface area (Å²) in [6, 6.07) is 7.20. The highest BCUT2D eigenvalue weighted by atomic mass is 32.2. The summed E-state index contributed by atoms with van der Waals surface area (Å²) in [5, 5.41) is 3.31. The van der Waals surface area contributed by atoms with Crippen molar-refractivity contribution >= 4 is 10.0 Å². The van der Waals surface area contributed by atoms with Crippen molar-refractivity contribution in [3.63, 3.8) is 0 Å². The van der Waals surface area contributed by atoms with Crippen molar-refractivity contribution in [1.29, 1.82) is 0 Å². The molecular weight excluding hydrogens is 298 g/mol. The molecule has 0 atom stereocenters. The molecule has 2 rings (SSSR count). The van der Waals surface area contributed by atoms with Gasteiger partial charge in [0.25, 0.3) is 0 Å². The predicted molar refractivity (Wildman–Crippen MR) is 89.6 cm³/mol. The summed E-state index contributed by atoms with van der Waals surface area (Å²) >= 11 is 0. The first kappa shape index (κ1) is 17.4. The van der Waals surface area contributed by atoms with Crippen molar-refractivity contribution in [2.75, 3.05) is 39.3 Å². The van der Waals surface area contributed by atoms with E-state index in [9.17, 15) is 8.42 Å². The second-order valence-corrected chi connectivity index (χ2v) is 7.84. The van der Waals surface area contributed by atoms with E-state index >= 15 is 0 Å². The van der Waals surface area contributed by atoms with Gasteiger partial charge in [0, 0.05) is 32.7 Å². The average Bonchev–Trinajstić information content (AvgIpc) is 2.53. The van der Waals surface area contributed by atoms with Crippen LogP contribution in [-0.4, -0.2) is 52.6 Å². The van der Waals surface area contributed by atoms with Crippen LogP contribution >= 0.6 is 0 Å². The number of hydrogen-bond acceptors (Lipinski definition) is 4. The molecule has 1 heterocycles. The van der Waals surface area contributed by atoms with Crippen LogP contribution in [0.25, 0.3) is 0 Å². The Balaban J connectivity index is 1.84. The molecule has 1 saturated heterocycles. The molecule has 1 fully saturated rings. The van der Waals surface area contributed by atoms with E-state index in [-0.39, 0.29) is 0 Å². The number of rotatable bonds is 7. The molecule has 6 heteroatoms. The standard InChI is InChI=1S/C16H27N3O2S/c1-14(2)15-5-3-6-16(13-15)22(20,21)18-7-4-10-19-11-8-17-9-12-19/h3,5-6,13-14,17-18H,4,7-12H2,1-2H3. The molecule has 2 N–H and O–H groups in total. The lowest BCUT2D eigenvalue weighted by atomic mass is 10.0. The first-order valence-electron chi connectivity index (χ1n) is 8.02. The Morgan fingerprint density at radius 3 is 2.68 bits per heavy atom. The Morgan fingerprint density at radius 2 is 2.00 bits per heavy atom. The van der Waals surface area contributed by atoms with Crippen molar-refractivity contribution in [2.45, 2.75) is 31.1 Å². The van der Waals surface area contributed by atoms with Gasteiger partial charge in [0.2, 0.25) is 10.0 Å². The summed E-state index contributed by atoms with van der Waals surface area (Å²) in [6.07, 6.45) is 0.836. The van der Waals surface area contributed by atoms with E-state index in [1.165, 1.54) is 0 Å². The average molecular weight is 325 g/mol.